The van der Waals surface area contributed by atoms with E-state index in [0.717, 1.165) is 0 Å². The first-order valence-electron chi connectivity index (χ1n) is 7.16. The van der Waals surface area contributed by atoms with Gasteiger partial charge < -0.3 is 26.8 Å². The molecule has 24 heavy (non-hydrogen) atoms. The molecule has 126 valence electrons. The molecule has 2 rings (SSSR count). The number of anilines is 4. The fraction of sp³-hybridized carbons (Fsp3) is 0.200. The normalized spacial score (nSPS) is 10.1. The highest BCUT2D eigenvalue weighted by atomic mass is 16.3. The van der Waals surface area contributed by atoms with E-state index >= 15 is 0 Å². The maximum atomic E-state index is 11.4. The second-order valence-electron chi connectivity index (χ2n) is 4.86. The minimum atomic E-state index is -0.672. The molecular formula is C15H18N6O3. The molecule has 1 heterocycles. The number of aromatic nitrogens is 2. The Hall–Kier alpha value is -3.20. The molecule has 0 saturated heterocycles. The SMILES string of the molecule is CC(=O)Nc1cccc(Nc2ncc(C(N)=O)c(NCCO)n2)c1. The Morgan fingerprint density at radius 2 is 2.04 bits per heavy atom. The molecule has 1 aromatic carbocycles. The third kappa shape index (κ3) is 4.65. The van der Waals surface area contributed by atoms with Crippen LogP contribution in [0.2, 0.25) is 0 Å². The molecule has 0 unspecified atom stereocenters. The van der Waals surface area contributed by atoms with Gasteiger partial charge in [-0.1, -0.05) is 6.07 Å². The van der Waals surface area contributed by atoms with E-state index in [1.165, 1.54) is 13.1 Å². The molecule has 9 heteroatoms. The van der Waals surface area contributed by atoms with Gasteiger partial charge in [0.1, 0.15) is 5.82 Å². The number of benzene rings is 1. The Morgan fingerprint density at radius 1 is 1.29 bits per heavy atom. The summed E-state index contributed by atoms with van der Waals surface area (Å²) in [4.78, 5) is 30.7. The van der Waals surface area contributed by atoms with Crippen molar-refractivity contribution >= 4 is 35.0 Å². The minimum Gasteiger partial charge on any atom is -0.395 e. The lowest BCUT2D eigenvalue weighted by Crippen LogP contribution is -2.18. The standard InChI is InChI=1S/C15H18N6O3/c1-9(23)19-10-3-2-4-11(7-10)20-15-18-8-12(13(16)24)14(21-15)17-5-6-22/h2-4,7-8,22H,5-6H2,1H3,(H2,16,24)(H,19,23)(H2,17,18,20,21). The molecule has 0 atom stereocenters. The predicted octanol–water partition coefficient (Wildman–Crippen LogP) is 0.682. The fourth-order valence-electron chi connectivity index (χ4n) is 1.94. The second-order valence-corrected chi connectivity index (χ2v) is 4.86. The number of nitrogens with zero attached hydrogens (tertiary/aromatic N) is 2. The van der Waals surface area contributed by atoms with Gasteiger partial charge in [0.2, 0.25) is 11.9 Å². The molecule has 0 saturated carbocycles. The van der Waals surface area contributed by atoms with Crippen molar-refractivity contribution in [2.45, 2.75) is 6.92 Å². The summed E-state index contributed by atoms with van der Waals surface area (Å²) in [6, 6.07) is 7.00. The van der Waals surface area contributed by atoms with Gasteiger partial charge in [0, 0.05) is 31.0 Å². The smallest absolute Gasteiger partial charge is 0.254 e. The molecule has 9 nitrogen and oxygen atoms in total. The number of nitrogens with two attached hydrogens (primary N) is 1. The first-order chi connectivity index (χ1) is 11.5. The average Bonchev–Trinajstić information content (AvgIpc) is 2.52. The van der Waals surface area contributed by atoms with Crippen LogP contribution in [-0.4, -0.2) is 40.0 Å². The quantitative estimate of drug-likeness (QED) is 0.502. The Balaban J connectivity index is 2.23. The Labute approximate surface area is 138 Å². The van der Waals surface area contributed by atoms with Crippen LogP contribution in [0.4, 0.5) is 23.1 Å². The van der Waals surface area contributed by atoms with Gasteiger partial charge in [-0.3, -0.25) is 9.59 Å². The highest BCUT2D eigenvalue weighted by molar-refractivity contribution is 5.97. The number of rotatable bonds is 7. The number of aliphatic hydroxyl groups is 1. The number of amides is 2. The molecule has 0 aliphatic carbocycles. The Morgan fingerprint density at radius 3 is 2.71 bits per heavy atom. The summed E-state index contributed by atoms with van der Waals surface area (Å²) in [5, 5.41) is 17.3. The number of carbonyl (C=O) groups is 2. The van der Waals surface area contributed by atoms with Gasteiger partial charge in [-0.05, 0) is 18.2 Å². The zero-order valence-corrected chi connectivity index (χ0v) is 13.0. The summed E-state index contributed by atoms with van der Waals surface area (Å²) in [5.74, 6) is -0.383. The van der Waals surface area contributed by atoms with Gasteiger partial charge in [-0.15, -0.1) is 0 Å². The van der Waals surface area contributed by atoms with Crippen LogP contribution in [0.25, 0.3) is 0 Å². The fourth-order valence-corrected chi connectivity index (χ4v) is 1.94. The molecule has 2 amide bonds. The lowest BCUT2D eigenvalue weighted by atomic mass is 10.2. The lowest BCUT2D eigenvalue weighted by Gasteiger charge is -2.11. The molecule has 0 bridgehead atoms. The van der Waals surface area contributed by atoms with Gasteiger partial charge >= 0.3 is 0 Å². The van der Waals surface area contributed by atoms with Crippen molar-refractivity contribution in [1.82, 2.24) is 9.97 Å². The molecule has 0 aliphatic rings. The molecule has 0 fully saturated rings. The monoisotopic (exact) mass is 330 g/mol. The van der Waals surface area contributed by atoms with Crippen LogP contribution >= 0.6 is 0 Å². The van der Waals surface area contributed by atoms with Crippen molar-refractivity contribution in [2.24, 2.45) is 5.73 Å². The molecule has 0 radical (unpaired) electrons. The molecule has 2 aromatic rings. The zero-order chi connectivity index (χ0) is 17.5. The van der Waals surface area contributed by atoms with Gasteiger partial charge in [0.25, 0.3) is 5.91 Å². The van der Waals surface area contributed by atoms with Crippen molar-refractivity contribution in [2.75, 3.05) is 29.1 Å². The van der Waals surface area contributed by atoms with E-state index in [0.29, 0.717) is 11.4 Å². The van der Waals surface area contributed by atoms with Crippen LogP contribution in [0.1, 0.15) is 17.3 Å². The van der Waals surface area contributed by atoms with Crippen LogP contribution in [-0.2, 0) is 4.79 Å². The van der Waals surface area contributed by atoms with Crippen LogP contribution in [0.5, 0.6) is 0 Å². The summed E-state index contributed by atoms with van der Waals surface area (Å²) in [5.41, 5.74) is 6.68. The van der Waals surface area contributed by atoms with Crippen molar-refractivity contribution in [3.05, 3.63) is 36.0 Å². The summed E-state index contributed by atoms with van der Waals surface area (Å²) >= 11 is 0. The maximum absolute atomic E-state index is 11.4. The minimum absolute atomic E-state index is 0.121. The summed E-state index contributed by atoms with van der Waals surface area (Å²) < 4.78 is 0. The highest BCUT2D eigenvalue weighted by Gasteiger charge is 2.12. The van der Waals surface area contributed by atoms with Gasteiger partial charge in [0.05, 0.1) is 12.2 Å². The van der Waals surface area contributed by atoms with Gasteiger partial charge in [-0.25, -0.2) is 4.98 Å². The number of hydrogen-bond acceptors (Lipinski definition) is 7. The number of aliphatic hydroxyl groups excluding tert-OH is 1. The van der Waals surface area contributed by atoms with Crippen molar-refractivity contribution in [1.29, 1.82) is 0 Å². The molecule has 6 N–H and O–H groups in total. The number of carbonyl (C=O) groups excluding carboxylic acids is 2. The second kappa shape index (κ2) is 7.88. The van der Waals surface area contributed by atoms with E-state index in [4.69, 9.17) is 10.8 Å². The van der Waals surface area contributed by atoms with E-state index in [2.05, 4.69) is 25.9 Å². The third-order valence-electron chi connectivity index (χ3n) is 2.90. The van der Waals surface area contributed by atoms with Crippen molar-refractivity contribution < 1.29 is 14.7 Å². The largest absolute Gasteiger partial charge is 0.395 e. The van der Waals surface area contributed by atoms with Gasteiger partial charge in [-0.2, -0.15) is 4.98 Å². The molecule has 0 spiro atoms. The van der Waals surface area contributed by atoms with Gasteiger partial charge in [0.15, 0.2) is 0 Å². The van der Waals surface area contributed by atoms with E-state index in [1.54, 1.807) is 24.3 Å². The number of hydrogen-bond donors (Lipinski definition) is 5. The lowest BCUT2D eigenvalue weighted by molar-refractivity contribution is -0.114. The zero-order valence-electron chi connectivity index (χ0n) is 13.0. The average molecular weight is 330 g/mol. The maximum Gasteiger partial charge on any atom is 0.254 e. The summed E-state index contributed by atoms with van der Waals surface area (Å²) in [7, 11) is 0. The van der Waals surface area contributed by atoms with Crippen LogP contribution in [0.3, 0.4) is 0 Å². The molecule has 1 aromatic heterocycles. The topological polar surface area (TPSA) is 142 Å². The number of primary amides is 1. The first kappa shape index (κ1) is 17.2. The molecule has 0 aliphatic heterocycles. The number of nitrogens with one attached hydrogen (secondary N) is 3. The Kier molecular flexibility index (Phi) is 5.63. The van der Waals surface area contributed by atoms with Crippen LogP contribution in [0, 0.1) is 0 Å². The first-order valence-corrected chi connectivity index (χ1v) is 7.16. The Bertz CT molecular complexity index is 750. The van der Waals surface area contributed by atoms with Crippen molar-refractivity contribution in [3.63, 3.8) is 0 Å². The highest BCUT2D eigenvalue weighted by Crippen LogP contribution is 2.20. The van der Waals surface area contributed by atoms with E-state index < -0.39 is 5.91 Å². The third-order valence-corrected chi connectivity index (χ3v) is 2.90. The summed E-state index contributed by atoms with van der Waals surface area (Å²) in [6.45, 7) is 1.52. The van der Waals surface area contributed by atoms with E-state index in [-0.39, 0.29) is 36.4 Å². The molecular weight excluding hydrogens is 312 g/mol. The van der Waals surface area contributed by atoms with Crippen molar-refractivity contribution in [3.8, 4) is 0 Å². The predicted molar refractivity (Wildman–Crippen MR) is 90.2 cm³/mol. The van der Waals surface area contributed by atoms with E-state index in [9.17, 15) is 9.59 Å². The summed E-state index contributed by atoms with van der Waals surface area (Å²) in [6.07, 6.45) is 1.30. The van der Waals surface area contributed by atoms with Crippen LogP contribution in [0.15, 0.2) is 30.5 Å². The van der Waals surface area contributed by atoms with E-state index in [1.807, 2.05) is 0 Å². The van der Waals surface area contributed by atoms with Crippen LogP contribution < -0.4 is 21.7 Å².